The molecule has 0 atom stereocenters. The van der Waals surface area contributed by atoms with Gasteiger partial charge in [0.1, 0.15) is 5.82 Å². The fourth-order valence-corrected chi connectivity index (χ4v) is 3.43. The van der Waals surface area contributed by atoms with Gasteiger partial charge in [-0.15, -0.1) is 5.10 Å². The summed E-state index contributed by atoms with van der Waals surface area (Å²) in [6.07, 6.45) is 0. The molecule has 3 nitrogen and oxygen atoms in total. The van der Waals surface area contributed by atoms with Crippen LogP contribution in [0.2, 0.25) is 10.0 Å². The average Bonchev–Trinajstić information content (AvgIpc) is 2.96. The van der Waals surface area contributed by atoms with Gasteiger partial charge in [0.15, 0.2) is 5.82 Å². The Kier molecular flexibility index (Phi) is 4.66. The molecule has 0 amide bonds. The molecule has 0 saturated carbocycles. The minimum Gasteiger partial charge on any atom is -0.258 e. The number of nitrogens with one attached hydrogen (secondary N) is 1. The first kappa shape index (κ1) is 15.3. The van der Waals surface area contributed by atoms with E-state index in [0.29, 0.717) is 32.3 Å². The summed E-state index contributed by atoms with van der Waals surface area (Å²) in [6, 6.07) is 11.8. The first-order valence-electron chi connectivity index (χ1n) is 6.38. The molecule has 0 saturated heterocycles. The molecular formula is C15H10Cl2FN3S. The van der Waals surface area contributed by atoms with Crippen molar-refractivity contribution in [3.63, 3.8) is 0 Å². The summed E-state index contributed by atoms with van der Waals surface area (Å²) < 4.78 is 13.7. The third-order valence-corrected chi connectivity index (χ3v) is 4.58. The second kappa shape index (κ2) is 6.69. The highest BCUT2D eigenvalue weighted by Gasteiger charge is 2.12. The Bertz CT molecular complexity index is 787. The lowest BCUT2D eigenvalue weighted by Crippen LogP contribution is -1.86. The first-order valence-corrected chi connectivity index (χ1v) is 8.12. The Balaban J connectivity index is 1.77. The summed E-state index contributed by atoms with van der Waals surface area (Å²) in [5.74, 6) is 0.586. The number of hydrogen-bond donors (Lipinski definition) is 1. The van der Waals surface area contributed by atoms with Crippen molar-refractivity contribution in [2.75, 3.05) is 0 Å². The van der Waals surface area contributed by atoms with Crippen LogP contribution in [0.1, 0.15) is 5.56 Å². The van der Waals surface area contributed by atoms with Gasteiger partial charge in [0.2, 0.25) is 5.16 Å². The summed E-state index contributed by atoms with van der Waals surface area (Å²) in [7, 11) is 0. The third kappa shape index (κ3) is 3.27. The predicted octanol–water partition coefficient (Wildman–Crippen LogP) is 5.21. The molecule has 2 aromatic carbocycles. The third-order valence-electron chi connectivity index (χ3n) is 3.00. The molecule has 1 heterocycles. The van der Waals surface area contributed by atoms with Crippen LogP contribution in [-0.2, 0) is 5.75 Å². The van der Waals surface area contributed by atoms with E-state index in [1.807, 2.05) is 0 Å². The number of hydrogen-bond acceptors (Lipinski definition) is 3. The SMILES string of the molecule is Fc1ccccc1-c1nc(SCc2c(Cl)cccc2Cl)n[nH]1. The van der Waals surface area contributed by atoms with E-state index in [1.165, 1.54) is 17.8 Å². The first-order chi connectivity index (χ1) is 10.6. The van der Waals surface area contributed by atoms with Crippen LogP contribution in [-0.4, -0.2) is 15.2 Å². The van der Waals surface area contributed by atoms with Gasteiger partial charge in [-0.1, -0.05) is 53.2 Å². The predicted molar refractivity (Wildman–Crippen MR) is 87.8 cm³/mol. The van der Waals surface area contributed by atoms with Crippen LogP contribution in [0.25, 0.3) is 11.4 Å². The molecule has 0 aliphatic heterocycles. The highest BCUT2D eigenvalue weighted by molar-refractivity contribution is 7.98. The van der Waals surface area contributed by atoms with Gasteiger partial charge in [0.05, 0.1) is 5.56 Å². The van der Waals surface area contributed by atoms with Crippen LogP contribution >= 0.6 is 35.0 Å². The topological polar surface area (TPSA) is 41.6 Å². The number of H-pyrrole nitrogens is 1. The lowest BCUT2D eigenvalue weighted by molar-refractivity contribution is 0.630. The van der Waals surface area contributed by atoms with E-state index >= 15 is 0 Å². The molecular weight excluding hydrogens is 344 g/mol. The Morgan fingerprint density at radius 3 is 2.50 bits per heavy atom. The number of aromatic nitrogens is 3. The largest absolute Gasteiger partial charge is 0.258 e. The Labute approximate surface area is 140 Å². The van der Waals surface area contributed by atoms with Gasteiger partial charge in [0, 0.05) is 15.8 Å². The highest BCUT2D eigenvalue weighted by Crippen LogP contribution is 2.31. The maximum Gasteiger partial charge on any atom is 0.209 e. The summed E-state index contributed by atoms with van der Waals surface area (Å²) in [6.45, 7) is 0. The van der Waals surface area contributed by atoms with Crippen LogP contribution in [0, 0.1) is 5.82 Å². The molecule has 0 aliphatic rings. The quantitative estimate of drug-likeness (QED) is 0.654. The summed E-state index contributed by atoms with van der Waals surface area (Å²) in [5.41, 5.74) is 1.21. The highest BCUT2D eigenvalue weighted by atomic mass is 35.5. The summed E-state index contributed by atoms with van der Waals surface area (Å²) >= 11 is 13.6. The number of thioether (sulfide) groups is 1. The summed E-state index contributed by atoms with van der Waals surface area (Å²) in [5, 5.41) is 8.53. The van der Waals surface area contributed by atoms with Gasteiger partial charge in [-0.3, -0.25) is 5.10 Å². The van der Waals surface area contributed by atoms with E-state index in [4.69, 9.17) is 23.2 Å². The van der Waals surface area contributed by atoms with Gasteiger partial charge in [-0.25, -0.2) is 9.37 Å². The molecule has 0 radical (unpaired) electrons. The smallest absolute Gasteiger partial charge is 0.209 e. The monoisotopic (exact) mass is 353 g/mol. The second-order valence-electron chi connectivity index (χ2n) is 4.44. The van der Waals surface area contributed by atoms with Crippen LogP contribution < -0.4 is 0 Å². The second-order valence-corrected chi connectivity index (χ2v) is 6.19. The molecule has 0 aliphatic carbocycles. The Morgan fingerprint density at radius 2 is 1.77 bits per heavy atom. The number of nitrogens with zero attached hydrogens (tertiary/aromatic N) is 2. The fraction of sp³-hybridized carbons (Fsp3) is 0.0667. The maximum absolute atomic E-state index is 13.7. The molecule has 7 heteroatoms. The standard InChI is InChI=1S/C15H10Cl2FN3S/c16-11-5-3-6-12(17)10(11)8-22-15-19-14(20-21-15)9-4-1-2-7-13(9)18/h1-7H,8H2,(H,19,20,21). The zero-order valence-electron chi connectivity index (χ0n) is 11.2. The van der Waals surface area contributed by atoms with Crippen molar-refractivity contribution < 1.29 is 4.39 Å². The van der Waals surface area contributed by atoms with E-state index in [0.717, 1.165) is 5.56 Å². The molecule has 3 rings (SSSR count). The lowest BCUT2D eigenvalue weighted by atomic mass is 10.2. The van der Waals surface area contributed by atoms with Gasteiger partial charge < -0.3 is 0 Å². The van der Waals surface area contributed by atoms with E-state index in [1.54, 1.807) is 36.4 Å². The van der Waals surface area contributed by atoms with Crippen LogP contribution in [0.15, 0.2) is 47.6 Å². The van der Waals surface area contributed by atoms with Crippen molar-refractivity contribution in [1.29, 1.82) is 0 Å². The van der Waals surface area contributed by atoms with Gasteiger partial charge in [-0.05, 0) is 29.8 Å². The number of benzene rings is 2. The van der Waals surface area contributed by atoms with Crippen molar-refractivity contribution in [1.82, 2.24) is 15.2 Å². The van der Waals surface area contributed by atoms with Crippen molar-refractivity contribution in [2.45, 2.75) is 10.9 Å². The molecule has 0 fully saturated rings. The normalized spacial score (nSPS) is 10.9. The molecule has 0 unspecified atom stereocenters. The molecule has 0 bridgehead atoms. The van der Waals surface area contributed by atoms with Crippen molar-refractivity contribution in [3.8, 4) is 11.4 Å². The fourth-order valence-electron chi connectivity index (χ4n) is 1.89. The average molecular weight is 354 g/mol. The van der Waals surface area contributed by atoms with Crippen LogP contribution in [0.4, 0.5) is 4.39 Å². The zero-order chi connectivity index (χ0) is 15.5. The minimum absolute atomic E-state index is 0.343. The molecule has 112 valence electrons. The van der Waals surface area contributed by atoms with Crippen molar-refractivity contribution in [2.24, 2.45) is 0 Å². The van der Waals surface area contributed by atoms with Crippen molar-refractivity contribution >= 4 is 35.0 Å². The number of halogens is 3. The number of rotatable bonds is 4. The van der Waals surface area contributed by atoms with Gasteiger partial charge in [0.25, 0.3) is 0 Å². The summed E-state index contributed by atoms with van der Waals surface area (Å²) in [4.78, 5) is 4.29. The van der Waals surface area contributed by atoms with Gasteiger partial charge >= 0.3 is 0 Å². The molecule has 0 spiro atoms. The van der Waals surface area contributed by atoms with Crippen LogP contribution in [0.5, 0.6) is 0 Å². The Morgan fingerprint density at radius 1 is 1.05 bits per heavy atom. The van der Waals surface area contributed by atoms with Crippen molar-refractivity contribution in [3.05, 3.63) is 63.9 Å². The van der Waals surface area contributed by atoms with Gasteiger partial charge in [-0.2, -0.15) is 0 Å². The molecule has 3 aromatic rings. The van der Waals surface area contributed by atoms with E-state index in [2.05, 4.69) is 15.2 Å². The lowest BCUT2D eigenvalue weighted by Gasteiger charge is -2.04. The molecule has 1 N–H and O–H groups in total. The zero-order valence-corrected chi connectivity index (χ0v) is 13.5. The number of aromatic amines is 1. The Hall–Kier alpha value is -1.56. The minimum atomic E-state index is -0.343. The van der Waals surface area contributed by atoms with E-state index in [9.17, 15) is 4.39 Å². The molecule has 22 heavy (non-hydrogen) atoms. The molecule has 1 aromatic heterocycles. The maximum atomic E-state index is 13.7. The van der Waals surface area contributed by atoms with Crippen LogP contribution in [0.3, 0.4) is 0 Å². The van der Waals surface area contributed by atoms with E-state index in [-0.39, 0.29) is 5.82 Å². The van der Waals surface area contributed by atoms with E-state index < -0.39 is 0 Å².